The Bertz CT molecular complexity index is 1000. The molecule has 0 aliphatic rings. The number of hydrogen-bond acceptors (Lipinski definition) is 2. The number of anilines is 2. The molecule has 0 atom stereocenters. The molecule has 2 rings (SSSR count). The first-order valence-electron chi connectivity index (χ1n) is 9.20. The SMILES string of the molecule is CCCNc1cccc(C(=O)N(C)c2c(Cl)cc(C(F)(C(F)(F)F)C(F)(F)F)cc2Br)c1F. The van der Waals surface area contributed by atoms with Crippen LogP contribution in [0.5, 0.6) is 0 Å². The normalized spacial score (nSPS) is 12.6. The lowest BCUT2D eigenvalue weighted by Crippen LogP contribution is -2.50. The second-order valence-electron chi connectivity index (χ2n) is 6.90. The molecule has 0 saturated carbocycles. The molecule has 0 saturated heterocycles. The van der Waals surface area contributed by atoms with E-state index < -0.39 is 50.4 Å². The van der Waals surface area contributed by atoms with Gasteiger partial charge in [0.25, 0.3) is 5.91 Å². The number of nitrogens with one attached hydrogen (secondary N) is 1. The van der Waals surface area contributed by atoms with Crippen LogP contribution in [0.15, 0.2) is 34.8 Å². The van der Waals surface area contributed by atoms with E-state index in [0.717, 1.165) is 18.0 Å². The summed E-state index contributed by atoms with van der Waals surface area (Å²) in [6.07, 6.45) is -12.0. The van der Waals surface area contributed by atoms with Crippen molar-refractivity contribution in [2.45, 2.75) is 31.4 Å². The van der Waals surface area contributed by atoms with Gasteiger partial charge in [0.1, 0.15) is 0 Å². The Kier molecular flexibility index (Phi) is 7.95. The van der Waals surface area contributed by atoms with Crippen LogP contribution < -0.4 is 10.2 Å². The second kappa shape index (κ2) is 9.65. The predicted octanol–water partition coefficient (Wildman–Crippen LogP) is 7.63. The summed E-state index contributed by atoms with van der Waals surface area (Å²) < 4.78 is 107. The third kappa shape index (κ3) is 5.06. The number of carbonyl (C=O) groups is 1. The van der Waals surface area contributed by atoms with E-state index in [1.807, 2.05) is 6.92 Å². The Morgan fingerprint density at radius 3 is 2.15 bits per heavy atom. The first-order valence-corrected chi connectivity index (χ1v) is 10.4. The van der Waals surface area contributed by atoms with E-state index in [0.29, 0.717) is 13.0 Å². The van der Waals surface area contributed by atoms with Gasteiger partial charge in [0, 0.05) is 23.6 Å². The van der Waals surface area contributed by atoms with Crippen molar-refractivity contribution in [2.75, 3.05) is 23.8 Å². The van der Waals surface area contributed by atoms with Gasteiger partial charge >= 0.3 is 18.0 Å². The van der Waals surface area contributed by atoms with Gasteiger partial charge in [-0.1, -0.05) is 24.6 Å². The average molecular weight is 568 g/mol. The summed E-state index contributed by atoms with van der Waals surface area (Å²) in [7, 11) is 1.08. The molecule has 13 heteroatoms. The quantitative estimate of drug-likeness (QED) is 0.364. The van der Waals surface area contributed by atoms with Gasteiger partial charge in [-0.3, -0.25) is 4.79 Å². The molecule has 0 fully saturated rings. The molecule has 0 unspecified atom stereocenters. The second-order valence-corrected chi connectivity index (χ2v) is 8.16. The third-order valence-corrected chi connectivity index (χ3v) is 5.52. The van der Waals surface area contributed by atoms with Crippen LogP contribution in [0, 0.1) is 5.82 Å². The number of rotatable bonds is 6. The van der Waals surface area contributed by atoms with Crippen LogP contribution in [0.25, 0.3) is 0 Å². The van der Waals surface area contributed by atoms with Crippen LogP contribution >= 0.6 is 27.5 Å². The summed E-state index contributed by atoms with van der Waals surface area (Å²) in [6, 6.07) is 4.26. The minimum absolute atomic E-state index is 0.0224. The standard InChI is InChI=1S/C20H16BrClF8N2O/c1-3-7-31-14-6-4-5-11(15(14)23)17(33)32(2)16-12(21)8-10(9-13(16)22)18(24,19(25,26)27)20(28,29)30/h4-6,8-9,31H,3,7H2,1-2H3. The van der Waals surface area contributed by atoms with Gasteiger partial charge in [-0.15, -0.1) is 0 Å². The topological polar surface area (TPSA) is 32.3 Å². The summed E-state index contributed by atoms with van der Waals surface area (Å²) in [5.74, 6) is -1.91. The Hall–Kier alpha value is -2.08. The number of hydrogen-bond donors (Lipinski definition) is 1. The van der Waals surface area contributed by atoms with E-state index in [1.165, 1.54) is 12.1 Å². The largest absolute Gasteiger partial charge is 0.435 e. The molecule has 182 valence electrons. The Balaban J connectivity index is 2.54. The maximum atomic E-state index is 14.8. The van der Waals surface area contributed by atoms with Crippen molar-refractivity contribution in [1.82, 2.24) is 0 Å². The number of amides is 1. The Morgan fingerprint density at radius 2 is 1.67 bits per heavy atom. The first kappa shape index (κ1) is 27.2. The fraction of sp³-hybridized carbons (Fsp3) is 0.350. The average Bonchev–Trinajstić information content (AvgIpc) is 2.69. The minimum Gasteiger partial charge on any atom is -0.383 e. The number of halogens is 10. The number of nitrogens with zero attached hydrogens (tertiary/aromatic N) is 1. The molecule has 33 heavy (non-hydrogen) atoms. The highest BCUT2D eigenvalue weighted by Crippen LogP contribution is 2.54. The van der Waals surface area contributed by atoms with E-state index in [-0.39, 0.29) is 23.5 Å². The zero-order chi connectivity index (χ0) is 25.4. The highest BCUT2D eigenvalue weighted by molar-refractivity contribution is 9.10. The molecule has 3 nitrogen and oxygen atoms in total. The molecular formula is C20H16BrClF8N2O. The molecule has 0 aromatic heterocycles. The Labute approximate surface area is 196 Å². The van der Waals surface area contributed by atoms with Crippen LogP contribution in [0.2, 0.25) is 5.02 Å². The minimum atomic E-state index is -6.34. The summed E-state index contributed by atoms with van der Waals surface area (Å²) in [6.45, 7) is 2.24. The van der Waals surface area contributed by atoms with Crippen LogP contribution in [-0.4, -0.2) is 31.9 Å². The molecule has 0 aliphatic heterocycles. The molecule has 2 aromatic carbocycles. The fourth-order valence-electron chi connectivity index (χ4n) is 2.95. The van der Waals surface area contributed by atoms with Crippen LogP contribution in [-0.2, 0) is 5.67 Å². The first-order chi connectivity index (χ1) is 15.1. The maximum Gasteiger partial charge on any atom is 0.435 e. The summed E-state index contributed by atoms with van der Waals surface area (Å²) >= 11 is 8.62. The highest BCUT2D eigenvalue weighted by atomic mass is 79.9. The molecular weight excluding hydrogens is 552 g/mol. The summed E-state index contributed by atoms with van der Waals surface area (Å²) in [5, 5.41) is 1.98. The van der Waals surface area contributed by atoms with E-state index in [9.17, 15) is 39.9 Å². The van der Waals surface area contributed by atoms with Crippen molar-refractivity contribution in [2.24, 2.45) is 0 Å². The van der Waals surface area contributed by atoms with E-state index >= 15 is 0 Å². The van der Waals surface area contributed by atoms with Crippen molar-refractivity contribution in [1.29, 1.82) is 0 Å². The van der Waals surface area contributed by atoms with Gasteiger partial charge < -0.3 is 10.2 Å². The fourth-order valence-corrected chi connectivity index (χ4v) is 4.13. The van der Waals surface area contributed by atoms with Crippen molar-refractivity contribution >= 4 is 44.8 Å². The highest BCUT2D eigenvalue weighted by Gasteiger charge is 2.73. The van der Waals surface area contributed by atoms with Crippen molar-refractivity contribution in [3.63, 3.8) is 0 Å². The number of benzene rings is 2. The lowest BCUT2D eigenvalue weighted by atomic mass is 9.94. The van der Waals surface area contributed by atoms with Crippen molar-refractivity contribution in [3.8, 4) is 0 Å². The zero-order valence-electron chi connectivity index (χ0n) is 16.9. The smallest absolute Gasteiger partial charge is 0.383 e. The summed E-state index contributed by atoms with van der Waals surface area (Å²) in [4.78, 5) is 13.6. The monoisotopic (exact) mass is 566 g/mol. The molecule has 0 spiro atoms. The summed E-state index contributed by atoms with van der Waals surface area (Å²) in [5.41, 5.74) is -8.34. The lowest BCUT2D eigenvalue weighted by Gasteiger charge is -2.31. The van der Waals surface area contributed by atoms with Crippen LogP contribution in [0.4, 0.5) is 46.5 Å². The zero-order valence-corrected chi connectivity index (χ0v) is 19.3. The number of alkyl halides is 7. The van der Waals surface area contributed by atoms with Crippen LogP contribution in [0.1, 0.15) is 29.3 Å². The van der Waals surface area contributed by atoms with Gasteiger partial charge in [-0.25, -0.2) is 8.78 Å². The van der Waals surface area contributed by atoms with Gasteiger partial charge in [0.2, 0.25) is 0 Å². The van der Waals surface area contributed by atoms with Crippen LogP contribution in [0.3, 0.4) is 0 Å². The molecule has 0 heterocycles. The van der Waals surface area contributed by atoms with Gasteiger partial charge in [0.05, 0.1) is 22.0 Å². The Morgan fingerprint density at radius 1 is 1.09 bits per heavy atom. The van der Waals surface area contributed by atoms with E-state index in [1.54, 1.807) is 0 Å². The van der Waals surface area contributed by atoms with Crippen molar-refractivity contribution in [3.05, 3.63) is 56.8 Å². The molecule has 0 radical (unpaired) electrons. The van der Waals surface area contributed by atoms with Gasteiger partial charge in [-0.05, 0) is 46.6 Å². The molecule has 0 aliphatic carbocycles. The maximum absolute atomic E-state index is 14.8. The predicted molar refractivity (Wildman–Crippen MR) is 112 cm³/mol. The molecule has 1 N–H and O–H groups in total. The number of carbonyl (C=O) groups excluding carboxylic acids is 1. The van der Waals surface area contributed by atoms with E-state index in [2.05, 4.69) is 21.2 Å². The van der Waals surface area contributed by atoms with E-state index in [4.69, 9.17) is 11.6 Å². The van der Waals surface area contributed by atoms with Gasteiger partial charge in [0.15, 0.2) is 5.82 Å². The molecule has 1 amide bonds. The third-order valence-electron chi connectivity index (χ3n) is 4.63. The van der Waals surface area contributed by atoms with Crippen molar-refractivity contribution < 1.29 is 39.9 Å². The molecule has 0 bridgehead atoms. The lowest BCUT2D eigenvalue weighted by molar-refractivity contribution is -0.348. The molecule has 2 aromatic rings. The van der Waals surface area contributed by atoms with Gasteiger partial charge in [-0.2, -0.15) is 26.3 Å².